The largest absolute Gasteiger partial charge is 0.291 e. The number of carbonyl (C=O) groups excluding carboxylic acids is 1. The van der Waals surface area contributed by atoms with Crippen molar-refractivity contribution in [2.75, 3.05) is 0 Å². The summed E-state index contributed by atoms with van der Waals surface area (Å²) in [5, 5.41) is 11.6. The number of rotatable bonds is 5. The Balaban J connectivity index is 1.24. The van der Waals surface area contributed by atoms with Crippen molar-refractivity contribution in [2.24, 2.45) is 22.9 Å². The highest BCUT2D eigenvalue weighted by atomic mass is 16.2. The Morgan fingerprint density at radius 2 is 1.76 bits per heavy atom. The Morgan fingerprint density at radius 1 is 1.14 bits per heavy atom. The molecule has 1 amide bonds. The van der Waals surface area contributed by atoms with Gasteiger partial charge in [-0.3, -0.25) is 9.89 Å². The molecule has 2 aromatic rings. The summed E-state index contributed by atoms with van der Waals surface area (Å²) in [5.74, 6) is 2.85. The van der Waals surface area contributed by atoms with E-state index in [0.717, 1.165) is 29.0 Å². The normalized spacial score (nSPS) is 30.4. The third kappa shape index (κ3) is 3.52. The number of nitrogens with zero attached hydrogens (tertiary/aromatic N) is 2. The molecule has 1 aromatic carbocycles. The highest BCUT2D eigenvalue weighted by Gasteiger charge is 2.52. The monoisotopic (exact) mass is 390 g/mol. The summed E-state index contributed by atoms with van der Waals surface area (Å²) >= 11 is 0. The maximum absolute atomic E-state index is 12.5. The maximum Gasteiger partial charge on any atom is 0.291 e. The van der Waals surface area contributed by atoms with Crippen LogP contribution in [0.5, 0.6) is 0 Å². The van der Waals surface area contributed by atoms with Crippen LogP contribution in [0.25, 0.3) is 0 Å². The SMILES string of the molecule is CC(C)c1ccc(/C=N/NC(=O)c2cc(C34CC5CC(CC(C5)C3)C4)[nH]n2)cc1. The van der Waals surface area contributed by atoms with E-state index in [0.29, 0.717) is 11.6 Å². The minimum absolute atomic E-state index is 0.224. The highest BCUT2D eigenvalue weighted by Crippen LogP contribution is 2.60. The van der Waals surface area contributed by atoms with Gasteiger partial charge < -0.3 is 0 Å². The zero-order valence-electron chi connectivity index (χ0n) is 17.3. The van der Waals surface area contributed by atoms with E-state index in [1.165, 1.54) is 44.1 Å². The fourth-order valence-electron chi connectivity index (χ4n) is 6.34. The average Bonchev–Trinajstić information content (AvgIpc) is 3.18. The molecule has 4 aliphatic carbocycles. The van der Waals surface area contributed by atoms with E-state index < -0.39 is 0 Å². The van der Waals surface area contributed by atoms with Crippen molar-refractivity contribution >= 4 is 12.1 Å². The second kappa shape index (κ2) is 7.12. The van der Waals surface area contributed by atoms with Crippen LogP contribution in [0.3, 0.4) is 0 Å². The van der Waals surface area contributed by atoms with Crippen molar-refractivity contribution in [2.45, 2.75) is 63.7 Å². The molecular formula is C24H30N4O. The number of hydrogen-bond donors (Lipinski definition) is 2. The number of hydrogen-bond acceptors (Lipinski definition) is 3. The Bertz CT molecular complexity index is 889. The number of benzene rings is 1. The molecule has 6 rings (SSSR count). The number of H-pyrrole nitrogens is 1. The van der Waals surface area contributed by atoms with Gasteiger partial charge in [-0.2, -0.15) is 10.2 Å². The average molecular weight is 391 g/mol. The fraction of sp³-hybridized carbons (Fsp3) is 0.542. The highest BCUT2D eigenvalue weighted by molar-refractivity contribution is 5.93. The predicted molar refractivity (Wildman–Crippen MR) is 114 cm³/mol. The number of carbonyl (C=O) groups is 1. The van der Waals surface area contributed by atoms with Crippen molar-refractivity contribution in [1.82, 2.24) is 15.6 Å². The Morgan fingerprint density at radius 3 is 2.34 bits per heavy atom. The van der Waals surface area contributed by atoms with E-state index in [-0.39, 0.29) is 11.3 Å². The van der Waals surface area contributed by atoms with Crippen LogP contribution in [0.1, 0.15) is 85.6 Å². The van der Waals surface area contributed by atoms with E-state index in [2.05, 4.69) is 46.7 Å². The molecule has 0 atom stereocenters. The molecule has 0 radical (unpaired) electrons. The molecule has 0 spiro atoms. The zero-order valence-corrected chi connectivity index (χ0v) is 17.3. The molecule has 5 nitrogen and oxygen atoms in total. The minimum Gasteiger partial charge on any atom is -0.281 e. The third-order valence-electron chi connectivity index (χ3n) is 7.40. The summed E-state index contributed by atoms with van der Waals surface area (Å²) in [6, 6.07) is 10.2. The lowest BCUT2D eigenvalue weighted by molar-refractivity contribution is -0.00721. The van der Waals surface area contributed by atoms with Gasteiger partial charge in [-0.1, -0.05) is 38.1 Å². The van der Waals surface area contributed by atoms with E-state index in [1.54, 1.807) is 6.21 Å². The van der Waals surface area contributed by atoms with Crippen molar-refractivity contribution in [3.8, 4) is 0 Å². The topological polar surface area (TPSA) is 70.1 Å². The van der Waals surface area contributed by atoms with Crippen LogP contribution < -0.4 is 5.43 Å². The van der Waals surface area contributed by atoms with Crippen LogP contribution in [0.2, 0.25) is 0 Å². The predicted octanol–water partition coefficient (Wildman–Crippen LogP) is 4.76. The number of aromatic nitrogens is 2. The summed E-state index contributed by atoms with van der Waals surface area (Å²) < 4.78 is 0. The third-order valence-corrected chi connectivity index (χ3v) is 7.40. The number of amides is 1. The molecule has 5 heteroatoms. The molecule has 1 heterocycles. The smallest absolute Gasteiger partial charge is 0.281 e. The molecule has 0 saturated heterocycles. The molecule has 4 fully saturated rings. The molecule has 0 unspecified atom stereocenters. The maximum atomic E-state index is 12.5. The number of aromatic amines is 1. The first-order valence-corrected chi connectivity index (χ1v) is 11.0. The molecule has 1 aromatic heterocycles. The standard InChI is InChI=1S/C24H30N4O/c1-15(2)20-5-3-16(4-6-20)14-25-28-23(29)21-10-22(27-26-21)24-11-17-7-18(12-24)9-19(8-17)13-24/h3-6,10,14-15,17-19H,7-9,11-13H2,1-2H3,(H,26,27)(H,28,29)/b25-14+. The Hall–Kier alpha value is -2.43. The van der Waals surface area contributed by atoms with Crippen LogP contribution in [-0.4, -0.2) is 22.3 Å². The van der Waals surface area contributed by atoms with Gasteiger partial charge in [0.1, 0.15) is 0 Å². The summed E-state index contributed by atoms with van der Waals surface area (Å²) in [5.41, 5.74) is 6.69. The molecule has 2 N–H and O–H groups in total. The van der Waals surface area contributed by atoms with Gasteiger partial charge >= 0.3 is 0 Å². The van der Waals surface area contributed by atoms with Crippen LogP contribution >= 0.6 is 0 Å². The van der Waals surface area contributed by atoms with Gasteiger partial charge in [0.05, 0.1) is 6.21 Å². The van der Waals surface area contributed by atoms with Crippen molar-refractivity contribution in [3.05, 3.63) is 52.8 Å². The first-order valence-electron chi connectivity index (χ1n) is 11.0. The molecule has 29 heavy (non-hydrogen) atoms. The second-order valence-electron chi connectivity index (χ2n) is 9.89. The molecule has 152 valence electrons. The van der Waals surface area contributed by atoms with Gasteiger partial charge in [-0.05, 0) is 79.4 Å². The Labute approximate surface area is 172 Å². The van der Waals surface area contributed by atoms with Crippen LogP contribution in [0, 0.1) is 17.8 Å². The summed E-state index contributed by atoms with van der Waals surface area (Å²) in [7, 11) is 0. The lowest BCUT2D eigenvalue weighted by atomic mass is 9.49. The van der Waals surface area contributed by atoms with Crippen LogP contribution in [-0.2, 0) is 5.41 Å². The van der Waals surface area contributed by atoms with Crippen molar-refractivity contribution in [1.29, 1.82) is 0 Å². The number of hydrazone groups is 1. The molecule has 4 saturated carbocycles. The molecular weight excluding hydrogens is 360 g/mol. The van der Waals surface area contributed by atoms with E-state index >= 15 is 0 Å². The Kier molecular flexibility index (Phi) is 4.56. The van der Waals surface area contributed by atoms with Gasteiger partial charge in [0.15, 0.2) is 5.69 Å². The van der Waals surface area contributed by atoms with Gasteiger partial charge in [0.25, 0.3) is 5.91 Å². The van der Waals surface area contributed by atoms with Crippen molar-refractivity contribution in [3.63, 3.8) is 0 Å². The van der Waals surface area contributed by atoms with E-state index in [4.69, 9.17) is 0 Å². The van der Waals surface area contributed by atoms with E-state index in [9.17, 15) is 4.79 Å². The lowest BCUT2D eigenvalue weighted by Gasteiger charge is -2.56. The van der Waals surface area contributed by atoms with Crippen LogP contribution in [0.4, 0.5) is 0 Å². The first kappa shape index (κ1) is 18.6. The lowest BCUT2D eigenvalue weighted by Crippen LogP contribution is -2.48. The fourth-order valence-corrected chi connectivity index (χ4v) is 6.34. The molecule has 4 aliphatic rings. The van der Waals surface area contributed by atoms with Gasteiger partial charge in [0, 0.05) is 11.1 Å². The second-order valence-corrected chi connectivity index (χ2v) is 9.89. The molecule has 0 aliphatic heterocycles. The summed E-state index contributed by atoms with van der Waals surface area (Å²) in [6.07, 6.45) is 9.68. The van der Waals surface area contributed by atoms with Gasteiger partial charge in [-0.25, -0.2) is 5.43 Å². The van der Waals surface area contributed by atoms with Crippen molar-refractivity contribution < 1.29 is 4.79 Å². The quantitative estimate of drug-likeness (QED) is 0.570. The van der Waals surface area contributed by atoms with E-state index in [1.807, 2.05) is 18.2 Å². The van der Waals surface area contributed by atoms with Crippen LogP contribution in [0.15, 0.2) is 35.4 Å². The van der Waals surface area contributed by atoms with Gasteiger partial charge in [0.2, 0.25) is 0 Å². The molecule has 4 bridgehead atoms. The first-order chi connectivity index (χ1) is 14.0. The summed E-state index contributed by atoms with van der Waals surface area (Å²) in [4.78, 5) is 12.5. The summed E-state index contributed by atoms with van der Waals surface area (Å²) in [6.45, 7) is 4.34. The van der Waals surface area contributed by atoms with Gasteiger partial charge in [-0.15, -0.1) is 0 Å². The zero-order chi connectivity index (χ0) is 20.0. The number of nitrogens with one attached hydrogen (secondary N) is 2. The minimum atomic E-state index is -0.257.